The average molecular weight is 442 g/mol. The quantitative estimate of drug-likeness (QED) is 0.445. The highest BCUT2D eigenvalue weighted by atomic mass is 16.5. The number of aliphatic hydroxyl groups excluding tert-OH is 2. The molecule has 32 heavy (non-hydrogen) atoms. The molecule has 1 aromatic rings. The monoisotopic (exact) mass is 442 g/mol. The number of ether oxygens (including phenoxy) is 2. The van der Waals surface area contributed by atoms with Crippen molar-refractivity contribution < 1.29 is 39.2 Å². The predicted molar refractivity (Wildman–Crippen MR) is 113 cm³/mol. The maximum Gasteiger partial charge on any atom is 0.333 e. The number of aromatic hydroxyl groups is 1. The second-order valence-corrected chi connectivity index (χ2v) is 8.02. The molecule has 3 N–H and O–H groups in total. The Morgan fingerprint density at radius 1 is 1.22 bits per heavy atom. The lowest BCUT2D eigenvalue weighted by molar-refractivity contribution is -0.154. The first-order valence-corrected chi connectivity index (χ1v) is 10.2. The molecule has 3 rings (SSSR count). The molecule has 0 fully saturated rings. The molecule has 0 bridgehead atoms. The molecule has 1 aromatic carbocycles. The molecule has 4 atom stereocenters. The fourth-order valence-electron chi connectivity index (χ4n) is 4.45. The number of phenolic OH excluding ortho intramolecular Hbond substituents is 1. The number of ketones is 1. The van der Waals surface area contributed by atoms with E-state index in [0.29, 0.717) is 22.3 Å². The number of hydrogen-bond donors (Lipinski definition) is 3. The first-order valence-electron chi connectivity index (χ1n) is 10.2. The number of hydrogen-bond acceptors (Lipinski definition) is 8. The molecule has 8 heteroatoms. The van der Waals surface area contributed by atoms with Gasteiger partial charge in [-0.2, -0.15) is 0 Å². The van der Waals surface area contributed by atoms with E-state index in [9.17, 15) is 29.7 Å². The van der Waals surface area contributed by atoms with Crippen LogP contribution in [0.2, 0.25) is 0 Å². The predicted octanol–water partition coefficient (Wildman–Crippen LogP) is 1.39. The Balaban J connectivity index is 1.94. The fraction of sp³-hybridized carbons (Fsp3) is 0.375. The third kappa shape index (κ3) is 4.51. The Kier molecular flexibility index (Phi) is 6.96. The van der Waals surface area contributed by atoms with Crippen LogP contribution in [-0.2, 0) is 30.3 Å². The van der Waals surface area contributed by atoms with Gasteiger partial charge < -0.3 is 24.8 Å². The minimum absolute atomic E-state index is 0.0645. The van der Waals surface area contributed by atoms with Crippen LogP contribution in [0.1, 0.15) is 18.9 Å². The smallest absolute Gasteiger partial charge is 0.333 e. The summed E-state index contributed by atoms with van der Waals surface area (Å²) in [4.78, 5) is 37.5. The van der Waals surface area contributed by atoms with Crippen LogP contribution in [0.15, 0.2) is 59.2 Å². The maximum absolute atomic E-state index is 12.7. The van der Waals surface area contributed by atoms with Gasteiger partial charge in [0.1, 0.15) is 11.9 Å². The molecular weight excluding hydrogens is 416 g/mol. The number of carbonyl (C=O) groups is 3. The van der Waals surface area contributed by atoms with Crippen LogP contribution in [0.3, 0.4) is 0 Å². The number of fused-ring (bicyclic) bond motifs is 1. The maximum atomic E-state index is 12.7. The van der Waals surface area contributed by atoms with Crippen LogP contribution in [0.5, 0.6) is 5.75 Å². The lowest BCUT2D eigenvalue weighted by atomic mass is 9.80. The van der Waals surface area contributed by atoms with Gasteiger partial charge in [-0.05, 0) is 36.3 Å². The van der Waals surface area contributed by atoms with Gasteiger partial charge in [-0.3, -0.25) is 9.59 Å². The lowest BCUT2D eigenvalue weighted by Crippen LogP contribution is -2.41. The van der Waals surface area contributed by atoms with Crippen molar-refractivity contribution in [1.82, 2.24) is 0 Å². The van der Waals surface area contributed by atoms with Crippen molar-refractivity contribution in [3.63, 3.8) is 0 Å². The Morgan fingerprint density at radius 2 is 1.88 bits per heavy atom. The van der Waals surface area contributed by atoms with E-state index in [1.165, 1.54) is 25.3 Å². The minimum Gasteiger partial charge on any atom is -0.508 e. The number of benzene rings is 1. The van der Waals surface area contributed by atoms with Gasteiger partial charge in [-0.15, -0.1) is 0 Å². The Morgan fingerprint density at radius 3 is 2.47 bits per heavy atom. The summed E-state index contributed by atoms with van der Waals surface area (Å²) in [6.07, 6.45) is -1.02. The summed E-state index contributed by atoms with van der Waals surface area (Å²) >= 11 is 0. The van der Waals surface area contributed by atoms with E-state index in [4.69, 9.17) is 9.47 Å². The van der Waals surface area contributed by atoms with E-state index in [1.807, 2.05) is 0 Å². The number of rotatable bonds is 6. The van der Waals surface area contributed by atoms with Crippen molar-refractivity contribution in [2.45, 2.75) is 32.0 Å². The van der Waals surface area contributed by atoms with Crippen molar-refractivity contribution in [3.8, 4) is 5.75 Å². The molecule has 0 unspecified atom stereocenters. The number of allylic oxidation sites excluding steroid dienone is 1. The molecule has 2 aliphatic rings. The van der Waals surface area contributed by atoms with Gasteiger partial charge in [0.25, 0.3) is 0 Å². The summed E-state index contributed by atoms with van der Waals surface area (Å²) < 4.78 is 10.5. The minimum atomic E-state index is -1.34. The van der Waals surface area contributed by atoms with Crippen molar-refractivity contribution >= 4 is 17.7 Å². The first kappa shape index (κ1) is 23.4. The molecule has 170 valence electrons. The Bertz CT molecular complexity index is 1000. The molecule has 0 saturated heterocycles. The summed E-state index contributed by atoms with van der Waals surface area (Å²) in [5.41, 5.74) is 1.78. The summed E-state index contributed by atoms with van der Waals surface area (Å²) in [6, 6.07) is 6.06. The van der Waals surface area contributed by atoms with Crippen LogP contribution in [-0.4, -0.2) is 59.0 Å². The number of phenols is 1. The number of carbonyl (C=O) groups excluding carboxylic acids is 3. The second kappa shape index (κ2) is 9.50. The molecule has 8 nitrogen and oxygen atoms in total. The van der Waals surface area contributed by atoms with E-state index < -0.39 is 42.6 Å². The molecule has 2 aliphatic carbocycles. The molecule has 0 aliphatic heterocycles. The molecule has 0 aromatic heterocycles. The summed E-state index contributed by atoms with van der Waals surface area (Å²) in [7, 11) is 1.18. The lowest BCUT2D eigenvalue weighted by Gasteiger charge is -2.32. The third-order valence-corrected chi connectivity index (χ3v) is 5.97. The Hall–Kier alpha value is -3.23. The standard InChI is InChI=1S/C24H26O8/c1-12-8-18(32-19(28)9-14-4-6-16(26)7-5-14)21(13(2)24(30)31-3)23(29)22-15(11-25)10-17(27)20(12)22/h4-7,10,18,21-23,25-26,29H,2,8-9,11H2,1,3H3/t18-,21+,22-,23-/m1/s1. The highest BCUT2D eigenvalue weighted by Crippen LogP contribution is 2.44. The summed E-state index contributed by atoms with van der Waals surface area (Å²) in [5, 5.41) is 30.4. The summed E-state index contributed by atoms with van der Waals surface area (Å²) in [5.74, 6) is -3.52. The van der Waals surface area contributed by atoms with Gasteiger partial charge in [-0.1, -0.05) is 24.3 Å². The van der Waals surface area contributed by atoms with E-state index >= 15 is 0 Å². The van der Waals surface area contributed by atoms with Gasteiger partial charge in [-0.25, -0.2) is 4.79 Å². The van der Waals surface area contributed by atoms with Gasteiger partial charge in [0.05, 0.1) is 32.2 Å². The van der Waals surface area contributed by atoms with Crippen LogP contribution >= 0.6 is 0 Å². The van der Waals surface area contributed by atoms with Crippen LogP contribution < -0.4 is 0 Å². The average Bonchev–Trinajstić information content (AvgIpc) is 3.05. The largest absolute Gasteiger partial charge is 0.508 e. The van der Waals surface area contributed by atoms with Crippen molar-refractivity contribution in [1.29, 1.82) is 0 Å². The highest BCUT2D eigenvalue weighted by molar-refractivity contribution is 6.09. The fourth-order valence-corrected chi connectivity index (χ4v) is 4.45. The van der Waals surface area contributed by atoms with Crippen molar-refractivity contribution in [2.24, 2.45) is 11.8 Å². The summed E-state index contributed by atoms with van der Waals surface area (Å²) in [6.45, 7) is 5.02. The molecule has 0 heterocycles. The SMILES string of the molecule is C=C(C(=O)OC)[C@@H]1[C@@H](O)[C@@H]2C(CO)=CC(=O)C2=C(C)C[C@H]1OC(=O)Cc1ccc(O)cc1. The van der Waals surface area contributed by atoms with Gasteiger partial charge in [0.15, 0.2) is 5.78 Å². The highest BCUT2D eigenvalue weighted by Gasteiger charge is 2.48. The molecule has 0 amide bonds. The molecule has 0 spiro atoms. The van der Waals surface area contributed by atoms with E-state index in [-0.39, 0.29) is 29.9 Å². The van der Waals surface area contributed by atoms with Crippen molar-refractivity contribution in [3.05, 3.63) is 64.8 Å². The topological polar surface area (TPSA) is 130 Å². The zero-order chi connectivity index (χ0) is 23.6. The number of esters is 2. The molecule has 0 radical (unpaired) electrons. The molecular formula is C24H26O8. The van der Waals surface area contributed by atoms with E-state index in [2.05, 4.69) is 6.58 Å². The number of methoxy groups -OCH3 is 1. The first-order chi connectivity index (χ1) is 15.2. The Labute approximate surface area is 185 Å². The van der Waals surface area contributed by atoms with Crippen LogP contribution in [0.25, 0.3) is 0 Å². The van der Waals surface area contributed by atoms with E-state index in [0.717, 1.165) is 0 Å². The normalized spacial score (nSPS) is 25.0. The van der Waals surface area contributed by atoms with Crippen LogP contribution in [0.4, 0.5) is 0 Å². The van der Waals surface area contributed by atoms with Crippen LogP contribution in [0, 0.1) is 11.8 Å². The van der Waals surface area contributed by atoms with Gasteiger partial charge >= 0.3 is 11.9 Å². The van der Waals surface area contributed by atoms with Gasteiger partial charge in [0.2, 0.25) is 0 Å². The number of aliphatic hydroxyl groups is 2. The molecule has 0 saturated carbocycles. The zero-order valence-electron chi connectivity index (χ0n) is 17.9. The third-order valence-electron chi connectivity index (χ3n) is 5.97. The van der Waals surface area contributed by atoms with Crippen molar-refractivity contribution in [2.75, 3.05) is 13.7 Å². The van der Waals surface area contributed by atoms with E-state index in [1.54, 1.807) is 19.1 Å². The zero-order valence-corrected chi connectivity index (χ0v) is 17.9. The van der Waals surface area contributed by atoms with Gasteiger partial charge in [0, 0.05) is 23.5 Å². The second-order valence-electron chi connectivity index (χ2n) is 8.02.